The Kier molecular flexibility index (Phi) is 10.1. The van der Waals surface area contributed by atoms with Gasteiger partial charge >= 0.3 is 6.09 Å². The first-order valence-electron chi connectivity index (χ1n) is 17.7. The van der Waals surface area contributed by atoms with Crippen molar-refractivity contribution in [1.82, 2.24) is 25.2 Å². The van der Waals surface area contributed by atoms with Crippen LogP contribution < -0.4 is 15.4 Å². The molecule has 6 rings (SSSR count). The Labute approximate surface area is 293 Å². The maximum absolute atomic E-state index is 14.2. The molecule has 270 valence electrons. The second-order valence-corrected chi connectivity index (χ2v) is 16.5. The number of allylic oxidation sites excluding steroid dienone is 1. The number of benzene rings is 1. The lowest BCUT2D eigenvalue weighted by Crippen LogP contribution is -2.59. The van der Waals surface area contributed by atoms with E-state index in [1.165, 1.54) is 11.0 Å². The van der Waals surface area contributed by atoms with E-state index in [1.807, 2.05) is 18.2 Å². The zero-order valence-electron chi connectivity index (χ0n) is 28.7. The van der Waals surface area contributed by atoms with E-state index in [-0.39, 0.29) is 37.6 Å². The van der Waals surface area contributed by atoms with Gasteiger partial charge in [-0.2, -0.15) is 0 Å². The molecule has 5 aliphatic rings. The van der Waals surface area contributed by atoms with Gasteiger partial charge in [-0.3, -0.25) is 28.8 Å². The summed E-state index contributed by atoms with van der Waals surface area (Å²) in [5, 5.41) is 4.98. The Morgan fingerprint density at radius 2 is 1.90 bits per heavy atom. The first kappa shape index (κ1) is 35.6. The number of carbonyl (C=O) groups excluding carboxylic acids is 5. The largest absolute Gasteiger partial charge is 0.444 e. The van der Waals surface area contributed by atoms with E-state index in [0.29, 0.717) is 32.4 Å². The molecule has 5 atom stereocenters. The number of carbonyl (C=O) groups is 5. The van der Waals surface area contributed by atoms with Crippen LogP contribution >= 0.6 is 0 Å². The second-order valence-electron chi connectivity index (χ2n) is 14.6. The summed E-state index contributed by atoms with van der Waals surface area (Å²) >= 11 is 0. The van der Waals surface area contributed by atoms with Crippen LogP contribution in [-0.2, 0) is 47.0 Å². The average molecular weight is 710 g/mol. The predicted molar refractivity (Wildman–Crippen MR) is 184 cm³/mol. The molecular formula is C36H47N5O8S. The molecule has 50 heavy (non-hydrogen) atoms. The van der Waals surface area contributed by atoms with E-state index in [9.17, 15) is 32.4 Å². The van der Waals surface area contributed by atoms with Gasteiger partial charge in [-0.1, -0.05) is 56.7 Å². The summed E-state index contributed by atoms with van der Waals surface area (Å²) in [5.41, 5.74) is 1.54. The average Bonchev–Trinajstić information content (AvgIpc) is 3.96. The maximum Gasteiger partial charge on any atom is 0.410 e. The molecule has 13 nitrogen and oxygen atoms in total. The highest BCUT2D eigenvalue weighted by molar-refractivity contribution is 7.91. The van der Waals surface area contributed by atoms with Gasteiger partial charge in [-0.25, -0.2) is 13.2 Å². The maximum atomic E-state index is 14.2. The van der Waals surface area contributed by atoms with Crippen LogP contribution in [0.3, 0.4) is 0 Å². The Bertz CT molecular complexity index is 1710. The standard InChI is InChI=1S/C36H47N5O8S/c1-4-25-18-36(25,34(45)39-50(47,48)27-15-16-27)38-32(43)29-17-26-20-41(29)33(44)31(22(2)3)37-30(42)14-9-7-5-6-8-11-23-12-10-13-24-19-40(21-28(23)24)35(46)49-26/h4,8,10-13,22,25-27,29,31H,1,5-7,9,14-21H2,2-3H3,(H,37,42)(H,38,43)(H,39,45)/b11-8+/t25-,26-,29+,31+,36+/m1/s1. The first-order valence-corrected chi connectivity index (χ1v) is 19.2. The number of nitrogens with zero attached hydrogens (tertiary/aromatic N) is 2. The molecule has 0 unspecified atom stereocenters. The molecule has 0 radical (unpaired) electrons. The molecule has 3 aliphatic heterocycles. The molecule has 3 fully saturated rings. The van der Waals surface area contributed by atoms with Gasteiger partial charge in [0.25, 0.3) is 5.91 Å². The lowest BCUT2D eigenvalue weighted by Gasteiger charge is -2.31. The summed E-state index contributed by atoms with van der Waals surface area (Å²) in [5.74, 6) is -3.15. The van der Waals surface area contributed by atoms with Gasteiger partial charge in [0.15, 0.2) is 0 Å². The third-order valence-electron chi connectivity index (χ3n) is 10.5. The van der Waals surface area contributed by atoms with Crippen molar-refractivity contribution >= 4 is 45.8 Å². The van der Waals surface area contributed by atoms with Crippen LogP contribution in [0.1, 0.15) is 88.3 Å². The van der Waals surface area contributed by atoms with Crippen molar-refractivity contribution in [3.8, 4) is 0 Å². The molecule has 0 aromatic heterocycles. The van der Waals surface area contributed by atoms with Gasteiger partial charge in [0.05, 0.1) is 18.3 Å². The minimum Gasteiger partial charge on any atom is -0.444 e. The SMILES string of the molecule is C=C[C@@H]1C[C@@]1(NC(=O)[C@@H]1C[C@@H]2CN1C(=O)[C@H](C(C)C)NC(=O)CCCCC/C=C/c1cccc3c1CN(C3)C(=O)O2)C(=O)NS(=O)(=O)C1CC1. The lowest BCUT2D eigenvalue weighted by atomic mass is 10.0. The van der Waals surface area contributed by atoms with Crippen molar-refractivity contribution in [3.05, 3.63) is 53.6 Å². The number of amides is 5. The van der Waals surface area contributed by atoms with Crippen molar-refractivity contribution < 1.29 is 37.1 Å². The quantitative estimate of drug-likeness (QED) is 0.363. The van der Waals surface area contributed by atoms with Gasteiger partial charge < -0.3 is 20.3 Å². The topological polar surface area (TPSA) is 171 Å². The van der Waals surface area contributed by atoms with Crippen LogP contribution in [0.2, 0.25) is 0 Å². The van der Waals surface area contributed by atoms with Crippen LogP contribution in [0.4, 0.5) is 4.79 Å². The Morgan fingerprint density at radius 3 is 2.60 bits per heavy atom. The molecule has 1 aromatic rings. The summed E-state index contributed by atoms with van der Waals surface area (Å²) in [7, 11) is -3.89. The lowest BCUT2D eigenvalue weighted by molar-refractivity contribution is -0.143. The van der Waals surface area contributed by atoms with Crippen LogP contribution in [0.5, 0.6) is 0 Å². The zero-order chi connectivity index (χ0) is 35.8. The monoisotopic (exact) mass is 709 g/mol. The van der Waals surface area contributed by atoms with E-state index < -0.39 is 68.7 Å². The van der Waals surface area contributed by atoms with Gasteiger partial charge in [-0.15, -0.1) is 6.58 Å². The molecule has 3 heterocycles. The Morgan fingerprint density at radius 1 is 1.12 bits per heavy atom. The molecule has 3 N–H and O–H groups in total. The third-order valence-corrected chi connectivity index (χ3v) is 12.3. The van der Waals surface area contributed by atoms with E-state index in [0.717, 1.165) is 36.0 Å². The van der Waals surface area contributed by atoms with E-state index in [4.69, 9.17) is 4.74 Å². The fraction of sp³-hybridized carbons (Fsp3) is 0.583. The van der Waals surface area contributed by atoms with Gasteiger partial charge in [0.2, 0.25) is 27.7 Å². The van der Waals surface area contributed by atoms with Crippen molar-refractivity contribution in [2.45, 2.75) is 114 Å². The number of hydrogen-bond acceptors (Lipinski definition) is 8. The van der Waals surface area contributed by atoms with Gasteiger partial charge in [0.1, 0.15) is 23.7 Å². The molecule has 5 amide bonds. The van der Waals surface area contributed by atoms with E-state index >= 15 is 0 Å². The smallest absolute Gasteiger partial charge is 0.410 e. The minimum absolute atomic E-state index is 0.0479. The van der Waals surface area contributed by atoms with E-state index in [2.05, 4.69) is 34.1 Å². The number of sulfonamides is 1. The molecule has 14 heteroatoms. The number of hydrogen-bond donors (Lipinski definition) is 3. The summed E-state index contributed by atoms with van der Waals surface area (Å²) < 4.78 is 33.3. The Balaban J connectivity index is 1.25. The van der Waals surface area contributed by atoms with Crippen LogP contribution in [-0.4, -0.2) is 83.5 Å². The highest BCUT2D eigenvalue weighted by Crippen LogP contribution is 2.45. The number of fused-ring (bicyclic) bond motifs is 3. The molecule has 4 bridgehead atoms. The van der Waals surface area contributed by atoms with E-state index in [1.54, 1.807) is 18.7 Å². The van der Waals surface area contributed by atoms with Crippen LogP contribution in [0, 0.1) is 11.8 Å². The van der Waals surface area contributed by atoms with Crippen LogP contribution in [0.15, 0.2) is 36.9 Å². The fourth-order valence-electron chi connectivity index (χ4n) is 7.22. The number of rotatable bonds is 7. The van der Waals surface area contributed by atoms with Gasteiger partial charge in [0, 0.05) is 25.3 Å². The third kappa shape index (κ3) is 7.45. The molecule has 0 spiro atoms. The van der Waals surface area contributed by atoms with Crippen molar-refractivity contribution in [1.29, 1.82) is 0 Å². The number of ether oxygens (including phenoxy) is 1. The minimum atomic E-state index is -3.89. The summed E-state index contributed by atoms with van der Waals surface area (Å²) in [6, 6.07) is 3.85. The summed E-state index contributed by atoms with van der Waals surface area (Å²) in [6.45, 7) is 7.97. The molecule has 2 saturated carbocycles. The van der Waals surface area contributed by atoms with Crippen molar-refractivity contribution in [2.24, 2.45) is 11.8 Å². The molecule has 2 aliphatic carbocycles. The summed E-state index contributed by atoms with van der Waals surface area (Å²) in [4.78, 5) is 71.1. The fourth-order valence-corrected chi connectivity index (χ4v) is 8.58. The molecule has 1 saturated heterocycles. The first-order chi connectivity index (χ1) is 23.8. The highest BCUT2D eigenvalue weighted by Gasteiger charge is 2.62. The normalized spacial score (nSPS) is 29.5. The second kappa shape index (κ2) is 14.2. The molecular weight excluding hydrogens is 662 g/mol. The number of nitrogens with one attached hydrogen (secondary N) is 3. The van der Waals surface area contributed by atoms with Crippen molar-refractivity contribution in [2.75, 3.05) is 6.54 Å². The predicted octanol–water partition coefficient (Wildman–Crippen LogP) is 2.90. The van der Waals surface area contributed by atoms with Crippen molar-refractivity contribution in [3.63, 3.8) is 0 Å². The highest BCUT2D eigenvalue weighted by atomic mass is 32.2. The zero-order valence-corrected chi connectivity index (χ0v) is 29.5. The summed E-state index contributed by atoms with van der Waals surface area (Å²) in [6.07, 6.45) is 8.74. The Hall–Kier alpha value is -4.20. The molecule has 1 aromatic carbocycles. The van der Waals surface area contributed by atoms with Crippen LogP contribution in [0.25, 0.3) is 6.08 Å². The van der Waals surface area contributed by atoms with Gasteiger partial charge in [-0.05, 0) is 61.1 Å².